The van der Waals surface area contributed by atoms with E-state index < -0.39 is 0 Å². The summed E-state index contributed by atoms with van der Waals surface area (Å²) >= 11 is 0. The van der Waals surface area contributed by atoms with E-state index in [4.69, 9.17) is 15.5 Å². The van der Waals surface area contributed by atoms with Crippen molar-refractivity contribution >= 4 is 28.6 Å². The second kappa shape index (κ2) is 11.6. The second-order valence-electron chi connectivity index (χ2n) is 9.67. The maximum absolute atomic E-state index is 13.7. The van der Waals surface area contributed by atoms with Crippen LogP contribution in [0.15, 0.2) is 53.5 Å². The minimum Gasteiger partial charge on any atom is -0.388 e. The summed E-state index contributed by atoms with van der Waals surface area (Å²) in [5.74, 6) is 0.769. The van der Waals surface area contributed by atoms with E-state index in [9.17, 15) is 4.79 Å². The molecule has 2 aromatic rings. The van der Waals surface area contributed by atoms with Crippen molar-refractivity contribution in [3.63, 3.8) is 0 Å². The van der Waals surface area contributed by atoms with Crippen LogP contribution < -0.4 is 11.1 Å². The molecule has 0 aliphatic carbocycles. The van der Waals surface area contributed by atoms with Crippen LogP contribution in [0.1, 0.15) is 48.8 Å². The van der Waals surface area contributed by atoms with E-state index in [1.165, 1.54) is 5.56 Å². The van der Waals surface area contributed by atoms with Crippen molar-refractivity contribution < 1.29 is 9.53 Å². The number of benzene rings is 2. The van der Waals surface area contributed by atoms with E-state index in [-0.39, 0.29) is 17.7 Å². The third kappa shape index (κ3) is 6.00. The van der Waals surface area contributed by atoms with Crippen molar-refractivity contribution in [2.24, 2.45) is 16.6 Å². The highest BCUT2D eigenvalue weighted by atomic mass is 16.5. The highest BCUT2D eigenvalue weighted by Crippen LogP contribution is 2.40. The highest BCUT2D eigenvalue weighted by molar-refractivity contribution is 6.40. The molecule has 186 valence electrons. The molecule has 1 fully saturated rings. The molecule has 2 aromatic carbocycles. The molecule has 2 heterocycles. The average molecular weight is 475 g/mol. The lowest BCUT2D eigenvalue weighted by Crippen LogP contribution is -2.45. The Hall–Kier alpha value is -2.96. The fourth-order valence-corrected chi connectivity index (χ4v) is 5.04. The van der Waals surface area contributed by atoms with Crippen LogP contribution in [-0.4, -0.2) is 56.4 Å². The van der Waals surface area contributed by atoms with Crippen LogP contribution >= 0.6 is 0 Å². The molecule has 4 rings (SSSR count). The van der Waals surface area contributed by atoms with E-state index in [0.29, 0.717) is 18.9 Å². The second-order valence-corrected chi connectivity index (χ2v) is 9.67. The Kier molecular flexibility index (Phi) is 8.37. The largest absolute Gasteiger partial charge is 0.388 e. The minimum absolute atomic E-state index is 0.0626. The summed E-state index contributed by atoms with van der Waals surface area (Å²) in [4.78, 5) is 21.0. The first-order valence-corrected chi connectivity index (χ1v) is 12.7. The Morgan fingerprint density at radius 2 is 1.71 bits per heavy atom. The number of nitrogens with zero attached hydrogens (tertiary/aromatic N) is 2. The molecule has 6 heteroatoms. The molecule has 6 nitrogen and oxygen atoms in total. The lowest BCUT2D eigenvalue weighted by Gasteiger charge is -2.32. The molecule has 2 aliphatic rings. The van der Waals surface area contributed by atoms with E-state index in [1.807, 2.05) is 7.05 Å². The standard InChI is InChI=1S/C29H38N4O2/c1-20-6-8-21(9-7-20)27-23(5-4-18-35-3)19-26(34)29(33-16-14-24(30)15-17-33)32-28(27)22-10-12-25(31-2)13-11-22/h6-13,23-24,31H,4-5,14-19,30H2,1-3H3. The van der Waals surface area contributed by atoms with Gasteiger partial charge in [0.05, 0.1) is 5.70 Å². The van der Waals surface area contributed by atoms with Gasteiger partial charge < -0.3 is 20.7 Å². The van der Waals surface area contributed by atoms with E-state index in [0.717, 1.165) is 66.9 Å². The van der Waals surface area contributed by atoms with E-state index >= 15 is 0 Å². The molecule has 3 N–H and O–H groups in total. The third-order valence-electron chi connectivity index (χ3n) is 7.11. The average Bonchev–Trinajstić information content (AvgIpc) is 3.02. The summed E-state index contributed by atoms with van der Waals surface area (Å²) in [6.07, 6.45) is 3.97. The van der Waals surface area contributed by atoms with Gasteiger partial charge in [0.25, 0.3) is 0 Å². The van der Waals surface area contributed by atoms with Gasteiger partial charge in [-0.3, -0.25) is 4.79 Å². The molecule has 35 heavy (non-hydrogen) atoms. The van der Waals surface area contributed by atoms with Crippen LogP contribution in [0.4, 0.5) is 5.69 Å². The monoisotopic (exact) mass is 474 g/mol. The Morgan fingerprint density at radius 1 is 1.06 bits per heavy atom. The normalized spacial score (nSPS) is 19.5. The Labute approximate surface area is 209 Å². The number of nitrogens with two attached hydrogens (primary N) is 1. The molecule has 0 amide bonds. The Bertz CT molecular complexity index is 1060. The van der Waals surface area contributed by atoms with Gasteiger partial charge in [-0.25, -0.2) is 4.99 Å². The summed E-state index contributed by atoms with van der Waals surface area (Å²) in [6, 6.07) is 17.1. The van der Waals surface area contributed by atoms with Gasteiger partial charge in [-0.1, -0.05) is 42.0 Å². The SMILES string of the molecule is CNc1ccc(C2=C(c3ccc(C)cc3)C(CCCOC)CC(=O)C(N3CCC(N)CC3)=N2)cc1. The van der Waals surface area contributed by atoms with Gasteiger partial charge in [0.2, 0.25) is 0 Å². The first-order chi connectivity index (χ1) is 17.0. The fraction of sp³-hybridized carbons (Fsp3) is 0.448. The lowest BCUT2D eigenvalue weighted by atomic mass is 9.83. The number of aliphatic imine (C=N–C) groups is 1. The Balaban J connectivity index is 1.87. The summed E-state index contributed by atoms with van der Waals surface area (Å²) in [6.45, 7) is 4.31. The summed E-state index contributed by atoms with van der Waals surface area (Å²) in [5, 5.41) is 3.19. The molecule has 0 bridgehead atoms. The van der Waals surface area contributed by atoms with E-state index in [1.54, 1.807) is 7.11 Å². The van der Waals surface area contributed by atoms with Gasteiger partial charge in [0, 0.05) is 57.6 Å². The number of ether oxygens (including phenoxy) is 1. The summed E-state index contributed by atoms with van der Waals surface area (Å²) in [7, 11) is 3.64. The molecule has 1 unspecified atom stereocenters. The number of hydrogen-bond donors (Lipinski definition) is 2. The predicted octanol–water partition coefficient (Wildman–Crippen LogP) is 4.74. The van der Waals surface area contributed by atoms with Crippen LogP contribution in [0.3, 0.4) is 0 Å². The van der Waals surface area contributed by atoms with Crippen molar-refractivity contribution in [2.75, 3.05) is 39.2 Å². The van der Waals surface area contributed by atoms with Gasteiger partial charge in [0.1, 0.15) is 0 Å². The number of carbonyl (C=O) groups excluding carboxylic acids is 1. The number of hydrogen-bond acceptors (Lipinski definition) is 6. The molecule has 0 spiro atoms. The number of carbonyl (C=O) groups is 1. The number of allylic oxidation sites excluding steroid dienone is 1. The maximum atomic E-state index is 13.7. The fourth-order valence-electron chi connectivity index (χ4n) is 5.04. The molecule has 0 aromatic heterocycles. The number of nitrogens with one attached hydrogen (secondary N) is 1. The van der Waals surface area contributed by atoms with Gasteiger partial charge in [-0.05, 0) is 61.8 Å². The lowest BCUT2D eigenvalue weighted by molar-refractivity contribution is -0.114. The molecule has 1 saturated heterocycles. The minimum atomic E-state index is 0.0626. The topological polar surface area (TPSA) is 80.0 Å². The van der Waals surface area contributed by atoms with Crippen molar-refractivity contribution in [1.29, 1.82) is 0 Å². The number of Topliss-reactive ketones (excluding diaryl/α,β-unsaturated/α-hetero) is 1. The molecule has 1 atom stereocenters. The molecule has 2 aliphatic heterocycles. The third-order valence-corrected chi connectivity index (χ3v) is 7.11. The predicted molar refractivity (Wildman–Crippen MR) is 144 cm³/mol. The van der Waals surface area contributed by atoms with Crippen LogP contribution in [0.25, 0.3) is 11.3 Å². The summed E-state index contributed by atoms with van der Waals surface area (Å²) in [5.41, 5.74) is 12.6. The van der Waals surface area contributed by atoms with Crippen molar-refractivity contribution in [3.05, 3.63) is 65.2 Å². The zero-order valence-electron chi connectivity index (χ0n) is 21.2. The number of ketones is 1. The molecule has 0 saturated carbocycles. The zero-order chi connectivity index (χ0) is 24.8. The first kappa shape index (κ1) is 25.1. The number of likely N-dealkylation sites (tertiary alicyclic amines) is 1. The number of anilines is 1. The van der Waals surface area contributed by atoms with Crippen LogP contribution in [0, 0.1) is 12.8 Å². The number of rotatable bonds is 7. The molecule has 0 radical (unpaired) electrons. The van der Waals surface area contributed by atoms with Gasteiger partial charge in [0.15, 0.2) is 11.6 Å². The maximum Gasteiger partial charge on any atom is 0.198 e. The smallest absolute Gasteiger partial charge is 0.198 e. The summed E-state index contributed by atoms with van der Waals surface area (Å²) < 4.78 is 5.35. The van der Waals surface area contributed by atoms with Crippen molar-refractivity contribution in [1.82, 2.24) is 4.90 Å². The van der Waals surface area contributed by atoms with E-state index in [2.05, 4.69) is 65.7 Å². The highest BCUT2D eigenvalue weighted by Gasteiger charge is 2.32. The number of methoxy groups -OCH3 is 1. The van der Waals surface area contributed by atoms with Gasteiger partial charge in [-0.2, -0.15) is 0 Å². The van der Waals surface area contributed by atoms with Crippen molar-refractivity contribution in [3.8, 4) is 0 Å². The number of aryl methyl sites for hydroxylation is 1. The zero-order valence-corrected chi connectivity index (χ0v) is 21.2. The van der Waals surface area contributed by atoms with Crippen molar-refractivity contribution in [2.45, 2.75) is 45.1 Å². The van der Waals surface area contributed by atoms with Crippen LogP contribution in [0.2, 0.25) is 0 Å². The molecular weight excluding hydrogens is 436 g/mol. The number of amidine groups is 1. The number of piperidine rings is 1. The van der Waals surface area contributed by atoms with Gasteiger partial charge in [-0.15, -0.1) is 0 Å². The quantitative estimate of drug-likeness (QED) is 0.567. The first-order valence-electron chi connectivity index (χ1n) is 12.7. The Morgan fingerprint density at radius 3 is 2.34 bits per heavy atom. The van der Waals surface area contributed by atoms with Gasteiger partial charge >= 0.3 is 0 Å². The van der Waals surface area contributed by atoms with Crippen LogP contribution in [-0.2, 0) is 9.53 Å². The molecular formula is C29H38N4O2. The van der Waals surface area contributed by atoms with Crippen LogP contribution in [0.5, 0.6) is 0 Å².